The van der Waals surface area contributed by atoms with Gasteiger partial charge in [-0.25, -0.2) is 4.79 Å². The zero-order valence-electron chi connectivity index (χ0n) is 28.5. The Bertz CT molecular complexity index is 1010. The van der Waals surface area contributed by atoms with Gasteiger partial charge < -0.3 is 35.7 Å². The molecule has 0 aromatic heterocycles. The molecule has 0 aliphatic heterocycles. The van der Waals surface area contributed by atoms with Gasteiger partial charge in [-0.05, 0) is 69.4 Å². The first-order valence-corrected chi connectivity index (χ1v) is 16.1. The predicted octanol–water partition coefficient (Wildman–Crippen LogP) is 5.45. The summed E-state index contributed by atoms with van der Waals surface area (Å²) in [5.41, 5.74) is 5.43. The topological polar surface area (TPSA) is 149 Å². The normalized spacial score (nSPS) is 15.3. The van der Waals surface area contributed by atoms with Crippen LogP contribution in [0, 0.1) is 23.7 Å². The highest BCUT2D eigenvalue weighted by atomic mass is 16.6. The summed E-state index contributed by atoms with van der Waals surface area (Å²) in [6, 6.07) is 5.00. The van der Waals surface area contributed by atoms with Crippen LogP contribution in [0.5, 0.6) is 5.75 Å². The van der Waals surface area contributed by atoms with E-state index in [1.54, 1.807) is 52.1 Å². The summed E-state index contributed by atoms with van der Waals surface area (Å²) in [5, 5.41) is 17.3. The molecule has 0 spiro atoms. The smallest absolute Gasteiger partial charge is 0.407 e. The van der Waals surface area contributed by atoms with Gasteiger partial charge >= 0.3 is 6.09 Å². The van der Waals surface area contributed by atoms with E-state index in [1.165, 1.54) is 0 Å². The Hall–Kier alpha value is -2.85. The van der Waals surface area contributed by atoms with Gasteiger partial charge in [0.15, 0.2) is 0 Å². The maximum absolute atomic E-state index is 13.5. The van der Waals surface area contributed by atoms with Crippen molar-refractivity contribution >= 4 is 17.9 Å². The first-order chi connectivity index (χ1) is 20.6. The van der Waals surface area contributed by atoms with E-state index in [-0.39, 0.29) is 23.8 Å². The van der Waals surface area contributed by atoms with Crippen LogP contribution in [0.25, 0.3) is 0 Å². The Morgan fingerprint density at radius 2 is 1.61 bits per heavy atom. The third-order valence-corrected chi connectivity index (χ3v) is 7.87. The van der Waals surface area contributed by atoms with Crippen molar-refractivity contribution < 1.29 is 33.7 Å². The van der Waals surface area contributed by atoms with E-state index in [4.69, 9.17) is 19.9 Å². The number of aliphatic hydroxyl groups excluding tert-OH is 1. The van der Waals surface area contributed by atoms with Crippen molar-refractivity contribution in [3.8, 4) is 5.75 Å². The lowest BCUT2D eigenvalue weighted by Gasteiger charge is -2.35. The largest absolute Gasteiger partial charge is 0.493 e. The molecule has 252 valence electrons. The molecule has 1 aromatic carbocycles. The molecule has 0 saturated carbocycles. The number of hydrogen-bond donors (Lipinski definition) is 4. The van der Waals surface area contributed by atoms with Gasteiger partial charge in [-0.15, -0.1) is 0 Å². The minimum absolute atomic E-state index is 0.135. The molecule has 1 rings (SSSR count). The third-order valence-electron chi connectivity index (χ3n) is 7.87. The molecule has 5 atom stereocenters. The number of carbonyl (C=O) groups is 3. The highest BCUT2D eigenvalue weighted by molar-refractivity contribution is 5.99. The number of nitrogens with one attached hydrogen (secondary N) is 2. The first kappa shape index (κ1) is 39.2. The number of carbonyl (C=O) groups excluding carboxylic acids is 3. The molecule has 10 heteroatoms. The molecule has 5 N–H and O–H groups in total. The number of rotatable bonds is 20. The average molecular weight is 622 g/mol. The van der Waals surface area contributed by atoms with Crippen LogP contribution in [0.1, 0.15) is 104 Å². The number of hydrogen-bond acceptors (Lipinski definition) is 7. The highest BCUT2D eigenvalue weighted by Crippen LogP contribution is 2.29. The number of benzene rings is 1. The summed E-state index contributed by atoms with van der Waals surface area (Å²) in [6.07, 6.45) is 2.82. The van der Waals surface area contributed by atoms with Gasteiger partial charge in [-0.2, -0.15) is 0 Å². The Kier molecular flexibility index (Phi) is 17.4. The molecule has 0 radical (unpaired) electrons. The van der Waals surface area contributed by atoms with Crippen LogP contribution in [0.15, 0.2) is 24.3 Å². The fourth-order valence-corrected chi connectivity index (χ4v) is 5.30. The SMILES string of the molecule is CCCCC(CC(O)C(CC(C(C)C)C(NC(=O)c1ccccc1OCCCOC)C(N)=O)NC(=O)OC(C)(C)C)C(C)C. The van der Waals surface area contributed by atoms with Crippen molar-refractivity contribution in [2.24, 2.45) is 29.4 Å². The van der Waals surface area contributed by atoms with E-state index in [1.807, 2.05) is 13.8 Å². The van der Waals surface area contributed by atoms with Crippen LogP contribution in [0.3, 0.4) is 0 Å². The van der Waals surface area contributed by atoms with Crippen LogP contribution in [0.2, 0.25) is 0 Å². The summed E-state index contributed by atoms with van der Waals surface area (Å²) >= 11 is 0. The van der Waals surface area contributed by atoms with Crippen LogP contribution in [0.4, 0.5) is 4.79 Å². The number of amides is 3. The maximum atomic E-state index is 13.5. The molecular formula is C34H59N3O7. The molecule has 0 heterocycles. The summed E-state index contributed by atoms with van der Waals surface area (Å²) in [6.45, 7) is 16.5. The van der Waals surface area contributed by atoms with E-state index in [9.17, 15) is 19.5 Å². The van der Waals surface area contributed by atoms with Crippen LogP contribution < -0.4 is 21.1 Å². The molecule has 5 unspecified atom stereocenters. The third kappa shape index (κ3) is 14.3. The molecule has 0 fully saturated rings. The van der Waals surface area contributed by atoms with Gasteiger partial charge in [0.05, 0.1) is 24.3 Å². The van der Waals surface area contributed by atoms with Crippen molar-refractivity contribution in [1.82, 2.24) is 10.6 Å². The monoisotopic (exact) mass is 621 g/mol. The second kappa shape index (κ2) is 19.5. The number of nitrogens with two attached hydrogens (primary N) is 1. The van der Waals surface area contributed by atoms with Gasteiger partial charge in [0.25, 0.3) is 5.91 Å². The van der Waals surface area contributed by atoms with Gasteiger partial charge in [-0.3, -0.25) is 9.59 Å². The number of ether oxygens (including phenoxy) is 3. The number of alkyl carbamates (subject to hydrolysis) is 1. The Morgan fingerprint density at radius 1 is 0.955 bits per heavy atom. The maximum Gasteiger partial charge on any atom is 0.407 e. The molecule has 1 aromatic rings. The van der Waals surface area contributed by atoms with E-state index in [0.717, 1.165) is 19.3 Å². The zero-order chi connectivity index (χ0) is 33.4. The zero-order valence-corrected chi connectivity index (χ0v) is 28.5. The standard InChI is InChI=1S/C34H59N3O7/c1-10-11-15-24(22(2)3)20-28(38)27(36-33(41)44-34(6,7)8)21-26(23(4)5)30(31(35)39)37-32(40)25-16-12-13-17-29(25)43-19-14-18-42-9/h12-13,16-17,22-24,26-28,30,38H,10-11,14-15,18-21H2,1-9H3,(H2,35,39)(H,36,41)(H,37,40). The molecule has 10 nitrogen and oxygen atoms in total. The Labute approximate surface area is 265 Å². The summed E-state index contributed by atoms with van der Waals surface area (Å²) in [4.78, 5) is 39.3. The van der Waals surface area contributed by atoms with E-state index >= 15 is 0 Å². The van der Waals surface area contributed by atoms with Gasteiger partial charge in [0, 0.05) is 20.1 Å². The van der Waals surface area contributed by atoms with Gasteiger partial charge in [0.2, 0.25) is 5.91 Å². The fourth-order valence-electron chi connectivity index (χ4n) is 5.30. The average Bonchev–Trinajstić information content (AvgIpc) is 2.93. The minimum Gasteiger partial charge on any atom is -0.493 e. The Balaban J connectivity index is 3.31. The van der Waals surface area contributed by atoms with Crippen LogP contribution in [-0.2, 0) is 14.3 Å². The molecule has 44 heavy (non-hydrogen) atoms. The molecule has 0 bridgehead atoms. The number of aliphatic hydroxyl groups is 1. The van der Waals surface area contributed by atoms with Crippen molar-refractivity contribution in [3.63, 3.8) is 0 Å². The van der Waals surface area contributed by atoms with E-state index in [2.05, 4.69) is 31.4 Å². The molecule has 0 aliphatic carbocycles. The van der Waals surface area contributed by atoms with Crippen molar-refractivity contribution in [3.05, 3.63) is 29.8 Å². The van der Waals surface area contributed by atoms with E-state index in [0.29, 0.717) is 37.7 Å². The first-order valence-electron chi connectivity index (χ1n) is 16.1. The van der Waals surface area contributed by atoms with Crippen LogP contribution in [-0.4, -0.2) is 67.1 Å². The minimum atomic E-state index is -1.07. The lowest BCUT2D eigenvalue weighted by atomic mass is 9.78. The van der Waals surface area contributed by atoms with Crippen LogP contribution >= 0.6 is 0 Å². The summed E-state index contributed by atoms with van der Waals surface area (Å²) in [7, 11) is 1.61. The van der Waals surface area contributed by atoms with Gasteiger partial charge in [0.1, 0.15) is 17.4 Å². The van der Waals surface area contributed by atoms with E-state index < -0.39 is 47.6 Å². The molecule has 0 aliphatic rings. The molecule has 3 amide bonds. The predicted molar refractivity (Wildman–Crippen MR) is 173 cm³/mol. The summed E-state index contributed by atoms with van der Waals surface area (Å²) in [5.74, 6) is -0.871. The van der Waals surface area contributed by atoms with Gasteiger partial charge in [-0.1, -0.05) is 66.0 Å². The number of para-hydroxylation sites is 1. The van der Waals surface area contributed by atoms with Crippen molar-refractivity contribution in [1.29, 1.82) is 0 Å². The fraction of sp³-hybridized carbons (Fsp3) is 0.735. The molecular weight excluding hydrogens is 562 g/mol. The lowest BCUT2D eigenvalue weighted by molar-refractivity contribution is -0.121. The Morgan fingerprint density at radius 3 is 2.16 bits per heavy atom. The number of methoxy groups -OCH3 is 1. The van der Waals surface area contributed by atoms with Crippen molar-refractivity contribution in [2.45, 2.75) is 118 Å². The highest BCUT2D eigenvalue weighted by Gasteiger charge is 2.37. The second-order valence-corrected chi connectivity index (χ2v) is 13.4. The number of primary amides is 1. The quantitative estimate of drug-likeness (QED) is 0.141. The molecule has 0 saturated heterocycles. The second-order valence-electron chi connectivity index (χ2n) is 13.4. The number of unbranched alkanes of at least 4 members (excludes halogenated alkanes) is 1. The summed E-state index contributed by atoms with van der Waals surface area (Å²) < 4.78 is 16.4. The lowest BCUT2D eigenvalue weighted by Crippen LogP contribution is -2.54. The van der Waals surface area contributed by atoms with Crippen molar-refractivity contribution in [2.75, 3.05) is 20.3 Å².